The molecule has 1 heterocycles. The molecule has 0 spiro atoms. The lowest BCUT2D eigenvalue weighted by atomic mass is 10.3. The fraction of sp³-hybridized carbons (Fsp3) is 0.571. The van der Waals surface area contributed by atoms with Gasteiger partial charge in [-0.05, 0) is 19.8 Å². The monoisotopic (exact) mass is 157 g/mol. The third kappa shape index (κ3) is 0.833. The van der Waals surface area contributed by atoms with Gasteiger partial charge in [0.2, 0.25) is 0 Å². The highest BCUT2D eigenvalue weighted by atomic mass is 35.5. The van der Waals surface area contributed by atoms with Crippen LogP contribution in [0.4, 0.5) is 0 Å². The molecule has 0 saturated heterocycles. The molecule has 0 aliphatic heterocycles. The molecule has 0 unspecified atom stereocenters. The highest BCUT2D eigenvalue weighted by molar-refractivity contribution is 6.25. The standard InChI is InChI=1S/C7H8ClNO/c1-5-4-6(9-10-5)7(8)2-3-7/h4H,2-3H2,1H3. The molecule has 2 nitrogen and oxygen atoms in total. The fourth-order valence-corrected chi connectivity index (χ4v) is 1.13. The highest BCUT2D eigenvalue weighted by Gasteiger charge is 2.44. The normalized spacial score (nSPS) is 21.0. The summed E-state index contributed by atoms with van der Waals surface area (Å²) < 4.78 is 4.90. The molecule has 10 heavy (non-hydrogen) atoms. The first-order valence-electron chi connectivity index (χ1n) is 3.33. The second-order valence-electron chi connectivity index (χ2n) is 2.79. The van der Waals surface area contributed by atoms with E-state index in [1.165, 1.54) is 0 Å². The van der Waals surface area contributed by atoms with Crippen molar-refractivity contribution in [2.24, 2.45) is 0 Å². The largest absolute Gasteiger partial charge is 0.361 e. The number of hydrogen-bond acceptors (Lipinski definition) is 2. The van der Waals surface area contributed by atoms with E-state index in [1.54, 1.807) is 0 Å². The summed E-state index contributed by atoms with van der Waals surface area (Å²) in [5, 5.41) is 3.84. The second-order valence-corrected chi connectivity index (χ2v) is 3.51. The Morgan fingerprint density at radius 2 is 2.40 bits per heavy atom. The van der Waals surface area contributed by atoms with Crippen LogP contribution in [-0.4, -0.2) is 5.16 Å². The van der Waals surface area contributed by atoms with E-state index in [0.717, 1.165) is 24.3 Å². The molecular weight excluding hydrogens is 150 g/mol. The van der Waals surface area contributed by atoms with E-state index < -0.39 is 0 Å². The van der Waals surface area contributed by atoms with Gasteiger partial charge in [-0.3, -0.25) is 0 Å². The third-order valence-electron chi connectivity index (χ3n) is 1.78. The number of hydrogen-bond donors (Lipinski definition) is 0. The van der Waals surface area contributed by atoms with Gasteiger partial charge in [0.25, 0.3) is 0 Å². The molecule has 0 atom stereocenters. The van der Waals surface area contributed by atoms with Crippen molar-refractivity contribution >= 4 is 11.6 Å². The summed E-state index contributed by atoms with van der Waals surface area (Å²) in [5.74, 6) is 0.835. The van der Waals surface area contributed by atoms with Crippen molar-refractivity contribution in [3.05, 3.63) is 17.5 Å². The first-order valence-corrected chi connectivity index (χ1v) is 3.71. The Morgan fingerprint density at radius 3 is 2.80 bits per heavy atom. The number of alkyl halides is 1. The zero-order valence-corrected chi connectivity index (χ0v) is 6.48. The minimum absolute atomic E-state index is 0.169. The zero-order chi connectivity index (χ0) is 7.19. The minimum atomic E-state index is -0.169. The average Bonchev–Trinajstić information content (AvgIpc) is 2.45. The van der Waals surface area contributed by atoms with Crippen LogP contribution >= 0.6 is 11.6 Å². The quantitative estimate of drug-likeness (QED) is 0.585. The number of rotatable bonds is 1. The molecule has 0 amide bonds. The molecule has 54 valence electrons. The molecule has 2 rings (SSSR count). The van der Waals surface area contributed by atoms with Crippen molar-refractivity contribution in [2.75, 3.05) is 0 Å². The summed E-state index contributed by atoms with van der Waals surface area (Å²) in [6.45, 7) is 1.87. The van der Waals surface area contributed by atoms with Crippen molar-refractivity contribution < 1.29 is 4.52 Å². The molecule has 0 radical (unpaired) electrons. The Bertz CT molecular complexity index is 252. The Kier molecular flexibility index (Phi) is 1.09. The maximum atomic E-state index is 6.06. The van der Waals surface area contributed by atoms with Crippen LogP contribution in [0.3, 0.4) is 0 Å². The summed E-state index contributed by atoms with van der Waals surface area (Å²) in [6.07, 6.45) is 2.06. The second kappa shape index (κ2) is 1.76. The van der Waals surface area contributed by atoms with Crippen LogP contribution in [0, 0.1) is 6.92 Å². The lowest BCUT2D eigenvalue weighted by Gasteiger charge is -1.95. The van der Waals surface area contributed by atoms with E-state index >= 15 is 0 Å². The molecular formula is C7H8ClNO. The molecule has 1 aliphatic carbocycles. The highest BCUT2D eigenvalue weighted by Crippen LogP contribution is 2.51. The third-order valence-corrected chi connectivity index (χ3v) is 2.35. The van der Waals surface area contributed by atoms with Crippen molar-refractivity contribution in [3.8, 4) is 0 Å². The van der Waals surface area contributed by atoms with Crippen molar-refractivity contribution in [1.82, 2.24) is 5.16 Å². The number of halogens is 1. The van der Waals surface area contributed by atoms with Crippen LogP contribution in [-0.2, 0) is 4.87 Å². The Morgan fingerprint density at radius 1 is 1.70 bits per heavy atom. The van der Waals surface area contributed by atoms with E-state index in [-0.39, 0.29) is 4.87 Å². The molecule has 0 aromatic carbocycles. The van der Waals surface area contributed by atoms with Gasteiger partial charge in [-0.15, -0.1) is 11.6 Å². The smallest absolute Gasteiger partial charge is 0.133 e. The summed E-state index contributed by atoms with van der Waals surface area (Å²) in [5.41, 5.74) is 0.895. The van der Waals surface area contributed by atoms with Crippen molar-refractivity contribution in [1.29, 1.82) is 0 Å². The van der Waals surface area contributed by atoms with E-state index in [9.17, 15) is 0 Å². The van der Waals surface area contributed by atoms with Crippen LogP contribution in [0.1, 0.15) is 24.3 Å². The fourth-order valence-electron chi connectivity index (χ4n) is 0.943. The van der Waals surface area contributed by atoms with Gasteiger partial charge in [-0.25, -0.2) is 0 Å². The lowest BCUT2D eigenvalue weighted by Crippen LogP contribution is -1.94. The van der Waals surface area contributed by atoms with Crippen LogP contribution < -0.4 is 0 Å². The van der Waals surface area contributed by atoms with Gasteiger partial charge in [0.1, 0.15) is 11.5 Å². The van der Waals surface area contributed by atoms with Gasteiger partial charge < -0.3 is 4.52 Å². The van der Waals surface area contributed by atoms with Crippen LogP contribution in [0.25, 0.3) is 0 Å². The van der Waals surface area contributed by atoms with Crippen LogP contribution in [0.5, 0.6) is 0 Å². The Balaban J connectivity index is 2.34. The molecule has 1 aromatic heterocycles. The zero-order valence-electron chi connectivity index (χ0n) is 5.72. The Hall–Kier alpha value is -0.500. The lowest BCUT2D eigenvalue weighted by molar-refractivity contribution is 0.389. The number of aryl methyl sites for hydroxylation is 1. The van der Waals surface area contributed by atoms with Gasteiger partial charge in [-0.2, -0.15) is 0 Å². The van der Waals surface area contributed by atoms with E-state index in [4.69, 9.17) is 16.1 Å². The molecule has 1 aliphatic rings. The van der Waals surface area contributed by atoms with E-state index in [1.807, 2.05) is 13.0 Å². The van der Waals surface area contributed by atoms with Crippen molar-refractivity contribution in [3.63, 3.8) is 0 Å². The maximum Gasteiger partial charge on any atom is 0.133 e. The van der Waals surface area contributed by atoms with E-state index in [0.29, 0.717) is 0 Å². The van der Waals surface area contributed by atoms with E-state index in [2.05, 4.69) is 5.16 Å². The van der Waals surface area contributed by atoms with Crippen LogP contribution in [0.15, 0.2) is 10.6 Å². The predicted molar refractivity (Wildman–Crippen MR) is 38.0 cm³/mol. The topological polar surface area (TPSA) is 26.0 Å². The van der Waals surface area contributed by atoms with Gasteiger partial charge in [-0.1, -0.05) is 5.16 Å². The summed E-state index contributed by atoms with van der Waals surface area (Å²) in [7, 11) is 0. The van der Waals surface area contributed by atoms with Crippen molar-refractivity contribution in [2.45, 2.75) is 24.6 Å². The summed E-state index contributed by atoms with van der Waals surface area (Å²) >= 11 is 6.06. The minimum Gasteiger partial charge on any atom is -0.361 e. The van der Waals surface area contributed by atoms with Gasteiger partial charge in [0.05, 0.1) is 4.87 Å². The Labute approximate surface area is 64.2 Å². The predicted octanol–water partition coefficient (Wildman–Crippen LogP) is 2.21. The molecule has 0 bridgehead atoms. The van der Waals surface area contributed by atoms with Gasteiger partial charge >= 0.3 is 0 Å². The van der Waals surface area contributed by atoms with Gasteiger partial charge in [0.15, 0.2) is 0 Å². The number of nitrogens with zero attached hydrogens (tertiary/aromatic N) is 1. The molecule has 3 heteroatoms. The first kappa shape index (κ1) is 6.23. The molecule has 0 N–H and O–H groups in total. The van der Waals surface area contributed by atoms with Gasteiger partial charge in [0, 0.05) is 6.07 Å². The summed E-state index contributed by atoms with van der Waals surface area (Å²) in [6, 6.07) is 1.90. The molecule has 1 fully saturated rings. The molecule has 1 aromatic rings. The maximum absolute atomic E-state index is 6.06. The first-order chi connectivity index (χ1) is 4.71. The SMILES string of the molecule is Cc1cc(C2(Cl)CC2)no1. The van der Waals surface area contributed by atoms with Crippen LogP contribution in [0.2, 0.25) is 0 Å². The average molecular weight is 158 g/mol. The summed E-state index contributed by atoms with van der Waals surface area (Å²) in [4.78, 5) is -0.169. The molecule has 1 saturated carbocycles. The number of aromatic nitrogens is 1.